The minimum atomic E-state index is -0.296. The maximum Gasteiger partial charge on any atom is 0.252 e. The molecule has 1 rings (SSSR count). The van der Waals surface area contributed by atoms with Crippen LogP contribution >= 0.6 is 11.6 Å². The molecular weight excluding hydrogens is 230 g/mol. The fourth-order valence-corrected chi connectivity index (χ4v) is 1.23. The van der Waals surface area contributed by atoms with Gasteiger partial charge in [-0.1, -0.05) is 11.6 Å². The smallest absolute Gasteiger partial charge is 0.252 e. The van der Waals surface area contributed by atoms with Crippen molar-refractivity contribution in [3.05, 3.63) is 16.9 Å². The predicted molar refractivity (Wildman–Crippen MR) is 61.5 cm³/mol. The Balaban J connectivity index is 2.56. The molecule has 1 amide bonds. The predicted octanol–water partition coefficient (Wildman–Crippen LogP) is 1.80. The van der Waals surface area contributed by atoms with Gasteiger partial charge < -0.3 is 4.74 Å². The first-order valence-corrected chi connectivity index (χ1v) is 5.28. The first-order valence-electron chi connectivity index (χ1n) is 4.90. The van der Waals surface area contributed by atoms with Crippen LogP contribution in [0.4, 0.5) is 5.95 Å². The number of carbonyl (C=O) groups excluding carboxylic acids is 1. The van der Waals surface area contributed by atoms with Gasteiger partial charge in [0.2, 0.25) is 5.95 Å². The van der Waals surface area contributed by atoms with E-state index in [4.69, 9.17) is 16.3 Å². The molecule has 0 aliphatic heterocycles. The van der Waals surface area contributed by atoms with Gasteiger partial charge in [0.1, 0.15) is 11.8 Å². The van der Waals surface area contributed by atoms with Crippen LogP contribution in [0, 0.1) is 6.92 Å². The van der Waals surface area contributed by atoms with E-state index in [1.54, 1.807) is 13.0 Å². The maximum absolute atomic E-state index is 11.4. The summed E-state index contributed by atoms with van der Waals surface area (Å²) in [7, 11) is 0. The molecule has 0 unspecified atom stereocenters. The van der Waals surface area contributed by atoms with Crippen LogP contribution in [0.5, 0.6) is 0 Å². The first kappa shape index (κ1) is 12.9. The topological polar surface area (TPSA) is 64.1 Å². The Labute approximate surface area is 99.2 Å². The van der Waals surface area contributed by atoms with Crippen molar-refractivity contribution in [2.75, 3.05) is 11.9 Å². The largest absolute Gasteiger partial charge is 0.369 e. The Kier molecular flexibility index (Phi) is 4.64. The van der Waals surface area contributed by atoms with Crippen LogP contribution < -0.4 is 5.32 Å². The second-order valence-electron chi connectivity index (χ2n) is 3.56. The SMILES string of the molecule is Cc1cc(Cl)nc(NC(=O)COC(C)C)n1. The summed E-state index contributed by atoms with van der Waals surface area (Å²) >= 11 is 5.73. The lowest BCUT2D eigenvalue weighted by Gasteiger charge is -2.07. The third kappa shape index (κ3) is 4.55. The third-order valence-electron chi connectivity index (χ3n) is 1.62. The molecule has 0 aliphatic carbocycles. The van der Waals surface area contributed by atoms with E-state index in [1.165, 1.54) is 0 Å². The zero-order valence-corrected chi connectivity index (χ0v) is 10.2. The zero-order valence-electron chi connectivity index (χ0n) is 9.45. The highest BCUT2D eigenvalue weighted by atomic mass is 35.5. The van der Waals surface area contributed by atoms with E-state index in [0.717, 1.165) is 0 Å². The lowest BCUT2D eigenvalue weighted by Crippen LogP contribution is -2.22. The minimum Gasteiger partial charge on any atom is -0.369 e. The summed E-state index contributed by atoms with van der Waals surface area (Å²) in [5.74, 6) is -0.0993. The Hall–Kier alpha value is -1.20. The van der Waals surface area contributed by atoms with Crippen LogP contribution in [0.25, 0.3) is 0 Å². The van der Waals surface area contributed by atoms with Crippen molar-refractivity contribution < 1.29 is 9.53 Å². The van der Waals surface area contributed by atoms with Crippen molar-refractivity contribution in [1.82, 2.24) is 9.97 Å². The van der Waals surface area contributed by atoms with Gasteiger partial charge in [-0.3, -0.25) is 10.1 Å². The summed E-state index contributed by atoms with van der Waals surface area (Å²) < 4.78 is 5.14. The van der Waals surface area contributed by atoms with Crippen molar-refractivity contribution >= 4 is 23.5 Å². The van der Waals surface area contributed by atoms with Gasteiger partial charge in [0.15, 0.2) is 0 Å². The number of carbonyl (C=O) groups is 1. The molecule has 1 N–H and O–H groups in total. The number of aryl methyl sites for hydroxylation is 1. The van der Waals surface area contributed by atoms with Gasteiger partial charge >= 0.3 is 0 Å². The molecule has 5 nitrogen and oxygen atoms in total. The van der Waals surface area contributed by atoms with Crippen LogP contribution in [-0.2, 0) is 9.53 Å². The number of anilines is 1. The van der Waals surface area contributed by atoms with Gasteiger partial charge in [-0.05, 0) is 26.8 Å². The molecule has 88 valence electrons. The van der Waals surface area contributed by atoms with Gasteiger partial charge in [0.05, 0.1) is 6.10 Å². The van der Waals surface area contributed by atoms with Crippen LogP contribution in [0.2, 0.25) is 5.15 Å². The molecule has 0 aliphatic rings. The summed E-state index contributed by atoms with van der Waals surface area (Å²) in [4.78, 5) is 19.3. The molecule has 0 saturated heterocycles. The summed E-state index contributed by atoms with van der Waals surface area (Å²) in [6, 6.07) is 1.61. The van der Waals surface area contributed by atoms with Crippen LogP contribution in [0.1, 0.15) is 19.5 Å². The molecule has 0 aromatic carbocycles. The third-order valence-corrected chi connectivity index (χ3v) is 1.82. The van der Waals surface area contributed by atoms with Crippen molar-refractivity contribution in [3.8, 4) is 0 Å². The van der Waals surface area contributed by atoms with Crippen LogP contribution in [0.15, 0.2) is 6.07 Å². The number of hydrogen-bond acceptors (Lipinski definition) is 4. The van der Waals surface area contributed by atoms with Gasteiger partial charge in [0, 0.05) is 5.69 Å². The molecule has 1 heterocycles. The molecule has 0 spiro atoms. The van der Waals surface area contributed by atoms with Crippen molar-refractivity contribution in [2.24, 2.45) is 0 Å². The molecule has 0 fully saturated rings. The Morgan fingerprint density at radius 3 is 2.81 bits per heavy atom. The van der Waals surface area contributed by atoms with Gasteiger partial charge in [-0.25, -0.2) is 9.97 Å². The quantitative estimate of drug-likeness (QED) is 0.819. The van der Waals surface area contributed by atoms with E-state index in [-0.39, 0.29) is 24.6 Å². The number of ether oxygens (including phenoxy) is 1. The van der Waals surface area contributed by atoms with Crippen molar-refractivity contribution in [3.63, 3.8) is 0 Å². The molecule has 1 aromatic rings. The number of nitrogens with one attached hydrogen (secondary N) is 1. The van der Waals surface area contributed by atoms with E-state index in [9.17, 15) is 4.79 Å². The Bertz CT molecular complexity index is 362. The van der Waals surface area contributed by atoms with E-state index in [1.807, 2.05) is 13.8 Å². The summed E-state index contributed by atoms with van der Waals surface area (Å²) in [6.07, 6.45) is 0.00719. The molecule has 1 aromatic heterocycles. The van der Waals surface area contributed by atoms with E-state index in [0.29, 0.717) is 10.8 Å². The number of hydrogen-bond donors (Lipinski definition) is 1. The first-order chi connectivity index (χ1) is 7.47. The molecule has 0 saturated carbocycles. The van der Waals surface area contributed by atoms with E-state index >= 15 is 0 Å². The fraction of sp³-hybridized carbons (Fsp3) is 0.500. The number of aromatic nitrogens is 2. The molecular formula is C10H14ClN3O2. The number of halogens is 1. The highest BCUT2D eigenvalue weighted by molar-refractivity contribution is 6.29. The second-order valence-corrected chi connectivity index (χ2v) is 3.95. The lowest BCUT2D eigenvalue weighted by atomic mass is 10.4. The van der Waals surface area contributed by atoms with Crippen molar-refractivity contribution in [1.29, 1.82) is 0 Å². The Morgan fingerprint density at radius 2 is 2.25 bits per heavy atom. The highest BCUT2D eigenvalue weighted by Gasteiger charge is 2.07. The summed E-state index contributed by atoms with van der Waals surface area (Å²) in [6.45, 7) is 5.46. The van der Waals surface area contributed by atoms with E-state index < -0.39 is 0 Å². The molecule has 0 atom stereocenters. The number of nitrogens with zero attached hydrogens (tertiary/aromatic N) is 2. The maximum atomic E-state index is 11.4. The Morgan fingerprint density at radius 1 is 1.56 bits per heavy atom. The fourth-order valence-electron chi connectivity index (χ4n) is 0.989. The normalized spacial score (nSPS) is 10.6. The number of amides is 1. The van der Waals surface area contributed by atoms with Gasteiger partial charge in [0.25, 0.3) is 5.91 Å². The summed E-state index contributed by atoms with van der Waals surface area (Å²) in [5, 5.41) is 2.81. The number of rotatable bonds is 4. The molecule has 6 heteroatoms. The van der Waals surface area contributed by atoms with E-state index in [2.05, 4.69) is 15.3 Å². The molecule has 0 radical (unpaired) electrons. The average Bonchev–Trinajstić information content (AvgIpc) is 2.12. The summed E-state index contributed by atoms with van der Waals surface area (Å²) in [5.41, 5.74) is 0.695. The van der Waals surface area contributed by atoms with Crippen LogP contribution in [0.3, 0.4) is 0 Å². The molecule has 16 heavy (non-hydrogen) atoms. The zero-order chi connectivity index (χ0) is 12.1. The van der Waals surface area contributed by atoms with Gasteiger partial charge in [-0.15, -0.1) is 0 Å². The molecule has 0 bridgehead atoms. The average molecular weight is 244 g/mol. The van der Waals surface area contributed by atoms with Crippen molar-refractivity contribution in [2.45, 2.75) is 26.9 Å². The second kappa shape index (κ2) is 5.77. The minimum absolute atomic E-state index is 0.00719. The van der Waals surface area contributed by atoms with Gasteiger partial charge in [-0.2, -0.15) is 0 Å². The lowest BCUT2D eigenvalue weighted by molar-refractivity contribution is -0.122. The highest BCUT2D eigenvalue weighted by Crippen LogP contribution is 2.09. The monoisotopic (exact) mass is 243 g/mol. The van der Waals surface area contributed by atoms with Crippen LogP contribution in [-0.4, -0.2) is 28.6 Å². The standard InChI is InChI=1S/C10H14ClN3O2/c1-6(2)16-5-9(15)14-10-12-7(3)4-8(11)13-10/h4,6H,5H2,1-3H3,(H,12,13,14,15).